The second-order valence-corrected chi connectivity index (χ2v) is 2.44. The van der Waals surface area contributed by atoms with Crippen LogP contribution in [0.5, 0.6) is 0 Å². The standard InChI is InChI=1S/C3H6IN4/c1-7-3(4)5-8(2)6-7/h1-2H3/q+1. The van der Waals surface area contributed by atoms with Crippen molar-refractivity contribution in [3.05, 3.63) is 3.83 Å². The number of tetrazole rings is 1. The number of aryl methyl sites for hydroxylation is 2. The van der Waals surface area contributed by atoms with Crippen molar-refractivity contribution in [3.63, 3.8) is 0 Å². The summed E-state index contributed by atoms with van der Waals surface area (Å²) < 4.78 is 2.60. The summed E-state index contributed by atoms with van der Waals surface area (Å²) in [4.78, 5) is 1.53. The van der Waals surface area contributed by atoms with Crippen LogP contribution in [-0.2, 0) is 14.1 Å². The van der Waals surface area contributed by atoms with E-state index in [0.717, 1.165) is 3.83 Å². The Morgan fingerprint density at radius 2 is 2.38 bits per heavy atom. The molecular formula is C3H6IN4+. The molecule has 0 aliphatic rings. The number of nitrogens with zero attached hydrogens (tertiary/aromatic N) is 4. The van der Waals surface area contributed by atoms with Gasteiger partial charge in [-0.3, -0.25) is 0 Å². The van der Waals surface area contributed by atoms with Crippen LogP contribution in [0.1, 0.15) is 0 Å². The van der Waals surface area contributed by atoms with Crippen LogP contribution in [0.2, 0.25) is 0 Å². The first-order valence-corrected chi connectivity index (χ1v) is 3.21. The molecular weight excluding hydrogens is 219 g/mol. The lowest BCUT2D eigenvalue weighted by Gasteiger charge is -1.70. The molecule has 1 aromatic heterocycles. The van der Waals surface area contributed by atoms with E-state index in [9.17, 15) is 0 Å². The Bertz CT molecular complexity index is 174. The summed E-state index contributed by atoms with van der Waals surface area (Å²) in [5, 5.41) is 7.89. The van der Waals surface area contributed by atoms with E-state index in [1.165, 1.54) is 4.80 Å². The molecule has 1 heterocycles. The third kappa shape index (κ3) is 0.960. The van der Waals surface area contributed by atoms with Crippen molar-refractivity contribution < 1.29 is 4.68 Å². The molecule has 0 aromatic carbocycles. The zero-order valence-corrected chi connectivity index (χ0v) is 6.82. The summed E-state index contributed by atoms with van der Waals surface area (Å²) in [7, 11) is 3.65. The van der Waals surface area contributed by atoms with E-state index in [2.05, 4.69) is 32.9 Å². The Balaban J connectivity index is 3.14. The van der Waals surface area contributed by atoms with Crippen molar-refractivity contribution in [2.24, 2.45) is 14.1 Å². The minimum Gasteiger partial charge on any atom is -0.131 e. The average Bonchev–Trinajstić information content (AvgIpc) is 1.85. The molecule has 0 fully saturated rings. The minimum atomic E-state index is 0.894. The first-order valence-electron chi connectivity index (χ1n) is 2.13. The van der Waals surface area contributed by atoms with Crippen LogP contribution in [0.25, 0.3) is 0 Å². The number of hydrogen-bond acceptors (Lipinski definition) is 2. The van der Waals surface area contributed by atoms with Crippen molar-refractivity contribution in [1.29, 1.82) is 0 Å². The topological polar surface area (TPSA) is 34.6 Å². The van der Waals surface area contributed by atoms with Crippen molar-refractivity contribution >= 4 is 22.6 Å². The smallest absolute Gasteiger partial charge is 0.131 e. The molecule has 0 saturated heterocycles. The number of hydrogen-bond donors (Lipinski definition) is 0. The molecule has 0 atom stereocenters. The Morgan fingerprint density at radius 1 is 1.75 bits per heavy atom. The van der Waals surface area contributed by atoms with Gasteiger partial charge in [0, 0.05) is 22.6 Å². The largest absolute Gasteiger partial charge is 0.357 e. The van der Waals surface area contributed by atoms with Gasteiger partial charge in [-0.25, -0.2) is 0 Å². The Kier molecular flexibility index (Phi) is 1.45. The van der Waals surface area contributed by atoms with E-state index in [4.69, 9.17) is 0 Å². The normalized spacial score (nSPS) is 9.88. The van der Waals surface area contributed by atoms with Crippen molar-refractivity contribution in [1.82, 2.24) is 15.1 Å². The summed E-state index contributed by atoms with van der Waals surface area (Å²) in [6.07, 6.45) is 0. The molecule has 0 N–H and O–H groups in total. The van der Waals surface area contributed by atoms with Crippen LogP contribution >= 0.6 is 22.6 Å². The summed E-state index contributed by atoms with van der Waals surface area (Å²) in [5.74, 6) is 0. The van der Waals surface area contributed by atoms with Gasteiger partial charge in [-0.15, -0.1) is 4.68 Å². The van der Waals surface area contributed by atoms with Crippen LogP contribution in [0, 0.1) is 3.83 Å². The van der Waals surface area contributed by atoms with Gasteiger partial charge in [0.1, 0.15) is 7.05 Å². The molecule has 44 valence electrons. The molecule has 0 aliphatic carbocycles. The average molecular weight is 225 g/mol. The van der Waals surface area contributed by atoms with E-state index in [1.807, 2.05) is 7.05 Å². The molecule has 1 aromatic rings. The molecule has 5 heteroatoms. The molecule has 0 aliphatic heterocycles. The fourth-order valence-corrected chi connectivity index (χ4v) is 0.844. The van der Waals surface area contributed by atoms with Crippen molar-refractivity contribution in [2.45, 2.75) is 0 Å². The second kappa shape index (κ2) is 1.96. The third-order valence-electron chi connectivity index (χ3n) is 0.758. The lowest BCUT2D eigenvalue weighted by Crippen LogP contribution is -2.33. The van der Waals surface area contributed by atoms with Crippen molar-refractivity contribution in [3.8, 4) is 0 Å². The second-order valence-electron chi connectivity index (χ2n) is 1.47. The fraction of sp³-hybridized carbons (Fsp3) is 0.667. The predicted octanol–water partition coefficient (Wildman–Crippen LogP) is -0.756. The van der Waals surface area contributed by atoms with Gasteiger partial charge in [-0.1, -0.05) is 0 Å². The monoisotopic (exact) mass is 225 g/mol. The quantitative estimate of drug-likeness (QED) is 0.430. The van der Waals surface area contributed by atoms with Crippen LogP contribution in [-0.4, -0.2) is 15.1 Å². The van der Waals surface area contributed by atoms with Crippen molar-refractivity contribution in [2.75, 3.05) is 0 Å². The lowest BCUT2D eigenvalue weighted by atomic mass is 11.2. The molecule has 0 bridgehead atoms. The van der Waals surface area contributed by atoms with E-state index in [0.29, 0.717) is 0 Å². The van der Waals surface area contributed by atoms with Gasteiger partial charge in [0.15, 0.2) is 0 Å². The van der Waals surface area contributed by atoms with Gasteiger partial charge in [0.05, 0.1) is 17.4 Å². The van der Waals surface area contributed by atoms with E-state index < -0.39 is 0 Å². The molecule has 4 nitrogen and oxygen atoms in total. The molecule has 0 amide bonds. The summed E-state index contributed by atoms with van der Waals surface area (Å²) >= 11 is 2.11. The van der Waals surface area contributed by atoms with Gasteiger partial charge in [-0.2, -0.15) is 0 Å². The molecule has 0 radical (unpaired) electrons. The predicted molar refractivity (Wildman–Crippen MR) is 34.9 cm³/mol. The SMILES string of the molecule is Cn1nc(I)[n+](C)n1. The number of aromatic nitrogens is 4. The van der Waals surface area contributed by atoms with Gasteiger partial charge in [-0.05, 0) is 4.80 Å². The molecule has 0 unspecified atom stereocenters. The van der Waals surface area contributed by atoms with E-state index in [-0.39, 0.29) is 0 Å². The Morgan fingerprint density at radius 3 is 2.50 bits per heavy atom. The fourth-order valence-electron chi connectivity index (χ4n) is 0.435. The van der Waals surface area contributed by atoms with E-state index >= 15 is 0 Å². The number of rotatable bonds is 0. The van der Waals surface area contributed by atoms with Gasteiger partial charge in [0.25, 0.3) is 0 Å². The summed E-state index contributed by atoms with van der Waals surface area (Å²) in [5.41, 5.74) is 0. The zero-order valence-electron chi connectivity index (χ0n) is 4.67. The first kappa shape index (κ1) is 5.93. The molecule has 0 saturated carbocycles. The van der Waals surface area contributed by atoms with Crippen LogP contribution < -0.4 is 4.68 Å². The third-order valence-corrected chi connectivity index (χ3v) is 1.67. The van der Waals surface area contributed by atoms with Crippen LogP contribution in [0.4, 0.5) is 0 Å². The maximum Gasteiger partial charge on any atom is 0.357 e. The maximum atomic E-state index is 3.97. The lowest BCUT2D eigenvalue weighted by molar-refractivity contribution is -0.744. The highest BCUT2D eigenvalue weighted by atomic mass is 127. The highest BCUT2D eigenvalue weighted by molar-refractivity contribution is 14.1. The molecule has 0 spiro atoms. The van der Waals surface area contributed by atoms with Gasteiger partial charge >= 0.3 is 3.83 Å². The Hall–Kier alpha value is -0.200. The highest BCUT2D eigenvalue weighted by Gasteiger charge is 2.06. The zero-order chi connectivity index (χ0) is 6.15. The van der Waals surface area contributed by atoms with Crippen LogP contribution in [0.15, 0.2) is 0 Å². The molecule has 1 rings (SSSR count). The van der Waals surface area contributed by atoms with Gasteiger partial charge < -0.3 is 0 Å². The highest BCUT2D eigenvalue weighted by Crippen LogP contribution is 1.85. The summed E-state index contributed by atoms with van der Waals surface area (Å²) in [6, 6.07) is 0. The molecule has 8 heavy (non-hydrogen) atoms. The van der Waals surface area contributed by atoms with Crippen LogP contribution in [0.3, 0.4) is 0 Å². The van der Waals surface area contributed by atoms with Gasteiger partial charge in [0.2, 0.25) is 0 Å². The first-order chi connectivity index (χ1) is 3.70. The minimum absolute atomic E-state index is 0.894. The maximum absolute atomic E-state index is 3.97. The Labute approximate surface area is 60.6 Å². The summed E-state index contributed by atoms with van der Waals surface area (Å²) in [6.45, 7) is 0. The van der Waals surface area contributed by atoms with E-state index in [1.54, 1.807) is 11.7 Å². The number of halogens is 1.